The Morgan fingerprint density at radius 3 is 2.05 bits per heavy atom. The summed E-state index contributed by atoms with van der Waals surface area (Å²) in [6.07, 6.45) is -1.39. The average Bonchev–Trinajstić information content (AvgIpc) is 2.55. The van der Waals surface area contributed by atoms with Crippen LogP contribution >= 0.6 is 0 Å². The maximum atomic E-state index is 13.4. The van der Waals surface area contributed by atoms with E-state index in [9.17, 15) is 13.2 Å². The molecule has 0 radical (unpaired) electrons. The summed E-state index contributed by atoms with van der Waals surface area (Å²) < 4.78 is 40.1. The quantitative estimate of drug-likeness (QED) is 0.783. The molecular weight excluding hydrogens is 289 g/mol. The van der Waals surface area contributed by atoms with E-state index in [1.807, 2.05) is 0 Å². The molecule has 0 saturated carbocycles. The molecule has 1 aliphatic heterocycles. The summed E-state index contributed by atoms with van der Waals surface area (Å²) in [6, 6.07) is 17.3. The third-order valence-corrected chi connectivity index (χ3v) is 3.40. The predicted molar refractivity (Wildman–Crippen MR) is 80.7 cm³/mol. The summed E-state index contributed by atoms with van der Waals surface area (Å²) in [5.74, 6) is -0.888. The van der Waals surface area contributed by atoms with E-state index in [0.717, 1.165) is 0 Å². The van der Waals surface area contributed by atoms with Gasteiger partial charge >= 0.3 is 6.18 Å². The molecular formula is C17H13F3N2. The molecule has 3 rings (SSSR count). The van der Waals surface area contributed by atoms with E-state index < -0.39 is 17.8 Å². The van der Waals surface area contributed by atoms with Gasteiger partial charge in [-0.25, -0.2) is 5.01 Å². The minimum atomic E-state index is -4.49. The first-order chi connectivity index (χ1) is 10.6. The zero-order valence-electron chi connectivity index (χ0n) is 11.5. The van der Waals surface area contributed by atoms with Gasteiger partial charge in [-0.15, -0.1) is 0 Å². The molecule has 0 fully saturated rings. The molecule has 0 spiro atoms. The monoisotopic (exact) mass is 302 g/mol. The maximum absolute atomic E-state index is 13.4. The van der Waals surface area contributed by atoms with Crippen LogP contribution in [0.1, 0.15) is 11.5 Å². The third kappa shape index (κ3) is 2.88. The van der Waals surface area contributed by atoms with Crippen LogP contribution in [0.5, 0.6) is 0 Å². The third-order valence-electron chi connectivity index (χ3n) is 3.40. The second kappa shape index (κ2) is 5.67. The van der Waals surface area contributed by atoms with Crippen LogP contribution in [-0.4, -0.2) is 11.9 Å². The van der Waals surface area contributed by atoms with Crippen molar-refractivity contribution in [3.8, 4) is 0 Å². The number of halogens is 3. The summed E-state index contributed by atoms with van der Waals surface area (Å²) in [5, 5.41) is 5.07. The van der Waals surface area contributed by atoms with Gasteiger partial charge in [0.2, 0.25) is 0 Å². The molecule has 22 heavy (non-hydrogen) atoms. The second-order valence-corrected chi connectivity index (χ2v) is 4.89. The lowest BCUT2D eigenvalue weighted by Crippen LogP contribution is -2.34. The standard InChI is InChI=1S/C17H13F3N2/c18-17(19,20)16-15(13-7-3-1-4-8-13)11-12-22(21-16)14-9-5-2-6-10-14/h1-12,15H/t15-/m0/s1. The summed E-state index contributed by atoms with van der Waals surface area (Å²) in [7, 11) is 0. The number of para-hydroxylation sites is 1. The van der Waals surface area contributed by atoms with Crippen molar-refractivity contribution in [3.05, 3.63) is 78.5 Å². The van der Waals surface area contributed by atoms with E-state index in [2.05, 4.69) is 5.10 Å². The van der Waals surface area contributed by atoms with Crippen LogP contribution in [0.25, 0.3) is 0 Å². The SMILES string of the molecule is FC(F)(F)C1=NN(c2ccccc2)C=C[C@H]1c1ccccc1. The van der Waals surface area contributed by atoms with Gasteiger partial charge in [-0.05, 0) is 17.7 Å². The Balaban J connectivity index is 2.00. The number of hydrogen-bond acceptors (Lipinski definition) is 2. The summed E-state index contributed by atoms with van der Waals surface area (Å²) in [6.45, 7) is 0. The Bertz CT molecular complexity index is 691. The van der Waals surface area contributed by atoms with Crippen LogP contribution < -0.4 is 5.01 Å². The lowest BCUT2D eigenvalue weighted by atomic mass is 9.93. The Morgan fingerprint density at radius 2 is 1.45 bits per heavy atom. The largest absolute Gasteiger partial charge is 0.432 e. The minimum Gasteiger partial charge on any atom is -0.241 e. The highest BCUT2D eigenvalue weighted by molar-refractivity contribution is 5.98. The van der Waals surface area contributed by atoms with Gasteiger partial charge in [0.15, 0.2) is 5.71 Å². The van der Waals surface area contributed by atoms with E-state index in [1.165, 1.54) is 11.1 Å². The number of rotatable bonds is 2. The summed E-state index contributed by atoms with van der Waals surface area (Å²) >= 11 is 0. The Morgan fingerprint density at radius 1 is 0.864 bits per heavy atom. The van der Waals surface area contributed by atoms with E-state index in [0.29, 0.717) is 11.3 Å². The molecule has 2 nitrogen and oxygen atoms in total. The van der Waals surface area contributed by atoms with Gasteiger partial charge in [-0.2, -0.15) is 18.3 Å². The molecule has 0 aromatic heterocycles. The highest BCUT2D eigenvalue weighted by Crippen LogP contribution is 2.34. The van der Waals surface area contributed by atoms with Crippen molar-refractivity contribution in [1.29, 1.82) is 0 Å². The topological polar surface area (TPSA) is 15.6 Å². The first-order valence-electron chi connectivity index (χ1n) is 6.79. The first kappa shape index (κ1) is 14.4. The Hall–Kier alpha value is -2.56. The molecule has 0 amide bonds. The molecule has 1 atom stereocenters. The van der Waals surface area contributed by atoms with Crippen molar-refractivity contribution in [2.24, 2.45) is 5.10 Å². The fourth-order valence-corrected chi connectivity index (χ4v) is 2.36. The van der Waals surface area contributed by atoms with Gasteiger partial charge in [0, 0.05) is 6.20 Å². The van der Waals surface area contributed by atoms with Crippen molar-refractivity contribution in [1.82, 2.24) is 0 Å². The molecule has 112 valence electrons. The van der Waals surface area contributed by atoms with Gasteiger partial charge < -0.3 is 0 Å². The van der Waals surface area contributed by atoms with Crippen LogP contribution in [0.4, 0.5) is 18.9 Å². The second-order valence-electron chi connectivity index (χ2n) is 4.89. The molecule has 0 bridgehead atoms. The number of benzene rings is 2. The van der Waals surface area contributed by atoms with E-state index in [-0.39, 0.29) is 0 Å². The van der Waals surface area contributed by atoms with E-state index >= 15 is 0 Å². The Kier molecular flexibility index (Phi) is 3.71. The smallest absolute Gasteiger partial charge is 0.241 e. The molecule has 2 aromatic carbocycles. The molecule has 5 heteroatoms. The van der Waals surface area contributed by atoms with Crippen LogP contribution in [0.2, 0.25) is 0 Å². The number of anilines is 1. The number of alkyl halides is 3. The van der Waals surface area contributed by atoms with E-state index in [1.54, 1.807) is 66.9 Å². The van der Waals surface area contributed by atoms with Crippen molar-refractivity contribution >= 4 is 11.4 Å². The van der Waals surface area contributed by atoms with Gasteiger partial charge in [0.25, 0.3) is 0 Å². The summed E-state index contributed by atoms with van der Waals surface area (Å²) in [4.78, 5) is 0. The lowest BCUT2D eigenvalue weighted by molar-refractivity contribution is -0.0611. The maximum Gasteiger partial charge on any atom is 0.432 e. The molecule has 2 aromatic rings. The van der Waals surface area contributed by atoms with Crippen LogP contribution in [0.3, 0.4) is 0 Å². The predicted octanol–water partition coefficient (Wildman–Crippen LogP) is 4.72. The van der Waals surface area contributed by atoms with Crippen molar-refractivity contribution in [3.63, 3.8) is 0 Å². The van der Waals surface area contributed by atoms with Crippen LogP contribution in [0, 0.1) is 0 Å². The first-order valence-corrected chi connectivity index (χ1v) is 6.79. The minimum absolute atomic E-state index is 0.572. The molecule has 1 heterocycles. The zero-order valence-corrected chi connectivity index (χ0v) is 11.5. The van der Waals surface area contributed by atoms with Gasteiger partial charge in [-0.1, -0.05) is 54.6 Å². The highest BCUT2D eigenvalue weighted by Gasteiger charge is 2.42. The van der Waals surface area contributed by atoms with Crippen molar-refractivity contribution in [2.75, 3.05) is 5.01 Å². The molecule has 0 aliphatic carbocycles. The van der Waals surface area contributed by atoms with Crippen molar-refractivity contribution < 1.29 is 13.2 Å². The number of hydrogen-bond donors (Lipinski definition) is 0. The fourth-order valence-electron chi connectivity index (χ4n) is 2.36. The number of nitrogens with zero attached hydrogens (tertiary/aromatic N) is 2. The fraction of sp³-hybridized carbons (Fsp3) is 0.118. The van der Waals surface area contributed by atoms with Gasteiger partial charge in [0.1, 0.15) is 0 Å². The van der Waals surface area contributed by atoms with Crippen LogP contribution in [0.15, 0.2) is 78.0 Å². The number of hydrazone groups is 1. The normalized spacial score (nSPS) is 18.2. The number of allylic oxidation sites excluding steroid dienone is 1. The zero-order chi connectivity index (χ0) is 15.6. The molecule has 0 N–H and O–H groups in total. The Labute approximate surface area is 126 Å². The molecule has 0 unspecified atom stereocenters. The van der Waals surface area contributed by atoms with Gasteiger partial charge in [-0.3, -0.25) is 0 Å². The van der Waals surface area contributed by atoms with Gasteiger partial charge in [0.05, 0.1) is 11.6 Å². The van der Waals surface area contributed by atoms with Crippen LogP contribution in [-0.2, 0) is 0 Å². The van der Waals surface area contributed by atoms with Crippen molar-refractivity contribution in [2.45, 2.75) is 12.1 Å². The lowest BCUT2D eigenvalue weighted by Gasteiger charge is -2.27. The molecule has 0 saturated heterocycles. The van der Waals surface area contributed by atoms with E-state index in [4.69, 9.17) is 0 Å². The molecule has 1 aliphatic rings. The summed E-state index contributed by atoms with van der Waals surface area (Å²) in [5.41, 5.74) is 0.347. The average molecular weight is 302 g/mol. The highest BCUT2D eigenvalue weighted by atomic mass is 19.4.